The average Bonchev–Trinajstić information content (AvgIpc) is 2.09. The van der Waals surface area contributed by atoms with Gasteiger partial charge in [0.15, 0.2) is 0 Å². The molecule has 0 aliphatic carbocycles. The van der Waals surface area contributed by atoms with Gasteiger partial charge >= 0.3 is 12.1 Å². The molecular weight excluding hydrogens is 214 g/mol. The van der Waals surface area contributed by atoms with Gasteiger partial charge in [-0.2, -0.15) is 13.2 Å². The fraction of sp³-hybridized carbons (Fsp3) is 0.222. The number of anilines is 1. The van der Waals surface area contributed by atoms with E-state index in [9.17, 15) is 22.4 Å². The smallest absolute Gasteiger partial charge is 0.316 e. The van der Waals surface area contributed by atoms with Crippen LogP contribution in [0.1, 0.15) is 5.56 Å². The predicted octanol–water partition coefficient (Wildman–Crippen LogP) is 2.63. The highest BCUT2D eigenvalue weighted by Crippen LogP contribution is 2.20. The van der Waals surface area contributed by atoms with Crippen LogP contribution in [0.2, 0.25) is 0 Å². The molecule has 1 aromatic carbocycles. The predicted molar refractivity (Wildman–Crippen MR) is 45.8 cm³/mol. The lowest BCUT2D eigenvalue weighted by Crippen LogP contribution is -2.30. The fourth-order valence-electron chi connectivity index (χ4n) is 0.928. The number of hydrogen-bond acceptors (Lipinski definition) is 1. The number of aryl methyl sites for hydroxylation is 1. The van der Waals surface area contributed by atoms with Crippen LogP contribution in [0.3, 0.4) is 0 Å². The minimum atomic E-state index is -5.02. The molecule has 0 aliphatic rings. The Labute approximate surface area is 82.9 Å². The zero-order chi connectivity index (χ0) is 11.6. The van der Waals surface area contributed by atoms with Crippen molar-refractivity contribution < 1.29 is 22.4 Å². The van der Waals surface area contributed by atoms with Crippen LogP contribution in [-0.4, -0.2) is 12.1 Å². The largest absolute Gasteiger partial charge is 0.471 e. The number of carbonyl (C=O) groups is 1. The first-order chi connectivity index (χ1) is 6.80. The third kappa shape index (κ3) is 2.93. The van der Waals surface area contributed by atoms with Gasteiger partial charge in [0.25, 0.3) is 0 Å². The monoisotopic (exact) mass is 221 g/mol. The molecule has 0 heterocycles. The minimum Gasteiger partial charge on any atom is -0.316 e. The Bertz CT molecular complexity index is 386. The first kappa shape index (κ1) is 11.5. The molecule has 0 radical (unpaired) electrons. The summed E-state index contributed by atoms with van der Waals surface area (Å²) in [5.74, 6) is -3.09. The molecule has 0 atom stereocenters. The number of nitrogens with one attached hydrogen (secondary N) is 1. The summed E-state index contributed by atoms with van der Waals surface area (Å²) < 4.78 is 48.4. The van der Waals surface area contributed by atoms with E-state index in [2.05, 4.69) is 0 Å². The minimum absolute atomic E-state index is 0.475. The van der Waals surface area contributed by atoms with E-state index in [0.717, 1.165) is 12.1 Å². The van der Waals surface area contributed by atoms with Crippen molar-refractivity contribution >= 4 is 11.6 Å². The van der Waals surface area contributed by atoms with Crippen molar-refractivity contribution in [2.75, 3.05) is 5.32 Å². The van der Waals surface area contributed by atoms with Gasteiger partial charge < -0.3 is 5.32 Å². The number of rotatable bonds is 1. The van der Waals surface area contributed by atoms with Gasteiger partial charge in [0.1, 0.15) is 5.82 Å². The van der Waals surface area contributed by atoms with E-state index in [4.69, 9.17) is 0 Å². The third-order valence-corrected chi connectivity index (χ3v) is 1.63. The van der Waals surface area contributed by atoms with Crippen molar-refractivity contribution in [3.63, 3.8) is 0 Å². The summed E-state index contributed by atoms with van der Waals surface area (Å²) in [6, 6.07) is 3.50. The molecule has 1 N–H and O–H groups in total. The van der Waals surface area contributed by atoms with Crippen LogP contribution in [0.15, 0.2) is 18.2 Å². The standard InChI is InChI=1S/C9H7F4NO/c1-5-2-3-6(10)7(4-5)14-8(15)9(11,12)13/h2-4H,1H3,(H,14,15). The fourth-order valence-corrected chi connectivity index (χ4v) is 0.928. The summed E-state index contributed by atoms with van der Waals surface area (Å²) in [5.41, 5.74) is 0.0752. The average molecular weight is 221 g/mol. The van der Waals surface area contributed by atoms with Crippen LogP contribution in [-0.2, 0) is 4.79 Å². The third-order valence-electron chi connectivity index (χ3n) is 1.63. The van der Waals surface area contributed by atoms with Gasteiger partial charge in [-0.15, -0.1) is 0 Å². The van der Waals surface area contributed by atoms with Crippen molar-refractivity contribution in [3.8, 4) is 0 Å². The lowest BCUT2D eigenvalue weighted by atomic mass is 10.2. The van der Waals surface area contributed by atoms with E-state index in [1.165, 1.54) is 11.4 Å². The topological polar surface area (TPSA) is 29.1 Å². The maximum Gasteiger partial charge on any atom is 0.471 e. The summed E-state index contributed by atoms with van der Waals surface area (Å²) in [6.07, 6.45) is -5.02. The summed E-state index contributed by atoms with van der Waals surface area (Å²) in [6.45, 7) is 1.57. The van der Waals surface area contributed by atoms with Gasteiger partial charge in [0.2, 0.25) is 0 Å². The Balaban J connectivity index is 2.90. The molecule has 15 heavy (non-hydrogen) atoms. The lowest BCUT2D eigenvalue weighted by Gasteiger charge is -2.09. The molecule has 0 saturated carbocycles. The SMILES string of the molecule is Cc1ccc(F)c(NC(=O)C(F)(F)F)c1. The number of halogens is 4. The first-order valence-electron chi connectivity index (χ1n) is 3.95. The summed E-state index contributed by atoms with van der Waals surface area (Å²) in [5, 5.41) is 1.45. The molecular formula is C9H7F4NO. The van der Waals surface area contributed by atoms with Crippen LogP contribution in [0.5, 0.6) is 0 Å². The summed E-state index contributed by atoms with van der Waals surface area (Å²) >= 11 is 0. The maximum absolute atomic E-state index is 12.9. The molecule has 0 aliphatic heterocycles. The van der Waals surface area contributed by atoms with Crippen LogP contribution in [0.25, 0.3) is 0 Å². The van der Waals surface area contributed by atoms with Crippen molar-refractivity contribution in [1.82, 2.24) is 0 Å². The van der Waals surface area contributed by atoms with E-state index in [0.29, 0.717) is 5.56 Å². The van der Waals surface area contributed by atoms with Crippen molar-refractivity contribution in [3.05, 3.63) is 29.6 Å². The van der Waals surface area contributed by atoms with Gasteiger partial charge in [-0.1, -0.05) is 6.07 Å². The molecule has 2 nitrogen and oxygen atoms in total. The van der Waals surface area contributed by atoms with E-state index in [1.807, 2.05) is 0 Å². The van der Waals surface area contributed by atoms with Gasteiger partial charge in [-0.3, -0.25) is 4.79 Å². The van der Waals surface area contributed by atoms with Crippen molar-refractivity contribution in [2.45, 2.75) is 13.1 Å². The van der Waals surface area contributed by atoms with E-state index >= 15 is 0 Å². The molecule has 0 aromatic heterocycles. The molecule has 0 saturated heterocycles. The van der Waals surface area contributed by atoms with Crippen LogP contribution in [0, 0.1) is 12.7 Å². The van der Waals surface area contributed by atoms with E-state index in [1.54, 1.807) is 6.92 Å². The van der Waals surface area contributed by atoms with Crippen LogP contribution in [0.4, 0.5) is 23.2 Å². The van der Waals surface area contributed by atoms with E-state index < -0.39 is 23.6 Å². The lowest BCUT2D eigenvalue weighted by molar-refractivity contribution is -0.167. The van der Waals surface area contributed by atoms with Crippen molar-refractivity contribution in [2.24, 2.45) is 0 Å². The Kier molecular flexibility index (Phi) is 2.97. The van der Waals surface area contributed by atoms with Crippen LogP contribution >= 0.6 is 0 Å². The highest BCUT2D eigenvalue weighted by molar-refractivity contribution is 5.95. The second kappa shape index (κ2) is 3.88. The zero-order valence-electron chi connectivity index (χ0n) is 7.65. The number of hydrogen-bond donors (Lipinski definition) is 1. The Hall–Kier alpha value is -1.59. The number of amides is 1. The maximum atomic E-state index is 12.9. The summed E-state index contributed by atoms with van der Waals surface area (Å²) in [7, 11) is 0. The number of benzene rings is 1. The molecule has 1 amide bonds. The van der Waals surface area contributed by atoms with Crippen LogP contribution < -0.4 is 5.32 Å². The molecule has 0 bridgehead atoms. The zero-order valence-corrected chi connectivity index (χ0v) is 7.65. The van der Waals surface area contributed by atoms with Gasteiger partial charge in [-0.05, 0) is 24.6 Å². The first-order valence-corrected chi connectivity index (χ1v) is 3.95. The summed E-state index contributed by atoms with van der Waals surface area (Å²) in [4.78, 5) is 10.5. The van der Waals surface area contributed by atoms with E-state index in [-0.39, 0.29) is 0 Å². The normalized spacial score (nSPS) is 11.3. The van der Waals surface area contributed by atoms with Gasteiger partial charge in [-0.25, -0.2) is 4.39 Å². The highest BCUT2D eigenvalue weighted by Gasteiger charge is 2.39. The molecule has 82 valence electrons. The number of alkyl halides is 3. The molecule has 0 spiro atoms. The highest BCUT2D eigenvalue weighted by atomic mass is 19.4. The molecule has 1 aromatic rings. The quantitative estimate of drug-likeness (QED) is 0.725. The molecule has 6 heteroatoms. The molecule has 1 rings (SSSR count). The Morgan fingerprint density at radius 3 is 2.47 bits per heavy atom. The second-order valence-corrected chi connectivity index (χ2v) is 2.94. The van der Waals surface area contributed by atoms with Gasteiger partial charge in [0.05, 0.1) is 5.69 Å². The van der Waals surface area contributed by atoms with Gasteiger partial charge in [0, 0.05) is 0 Å². The molecule has 0 fully saturated rings. The Morgan fingerprint density at radius 1 is 1.33 bits per heavy atom. The Morgan fingerprint density at radius 2 is 1.93 bits per heavy atom. The molecule has 0 unspecified atom stereocenters. The second-order valence-electron chi connectivity index (χ2n) is 2.94. The number of carbonyl (C=O) groups excluding carboxylic acids is 1. The van der Waals surface area contributed by atoms with Crippen molar-refractivity contribution in [1.29, 1.82) is 0 Å².